The number of hydrogen-bond donors (Lipinski definition) is 0. The first-order valence-corrected chi connectivity index (χ1v) is 25.2. The SMILES string of the molecule is CCCCCCCCCCCCCCCCCCOC(CBr)COc1c(Br)cc(S(=O)(=O)c2cc(Br)c(OCC(Br)CBr)c(Br)c2)cc1Br. The van der Waals surface area contributed by atoms with Crippen molar-refractivity contribution >= 4 is 121 Å². The molecule has 0 heterocycles. The van der Waals surface area contributed by atoms with Crippen molar-refractivity contribution in [1.82, 2.24) is 0 Å². The van der Waals surface area contributed by atoms with Gasteiger partial charge in [0.1, 0.15) is 30.8 Å². The molecule has 0 fully saturated rings. The number of halogens is 7. The number of rotatable bonds is 28. The number of alkyl halides is 3. The topological polar surface area (TPSA) is 61.8 Å². The average molecular weight is 1160 g/mol. The van der Waals surface area contributed by atoms with E-state index in [4.69, 9.17) is 14.2 Å². The Kier molecular flexibility index (Phi) is 25.6. The van der Waals surface area contributed by atoms with Crippen LogP contribution in [0.1, 0.15) is 110 Å². The summed E-state index contributed by atoms with van der Waals surface area (Å²) in [7, 11) is -3.85. The fraction of sp³-hybridized carbons (Fsp3) is 0.667. The van der Waals surface area contributed by atoms with Gasteiger partial charge in [-0.1, -0.05) is 151 Å². The van der Waals surface area contributed by atoms with Crippen LogP contribution in [0.25, 0.3) is 0 Å². The van der Waals surface area contributed by atoms with Crippen LogP contribution in [0.3, 0.4) is 0 Å². The van der Waals surface area contributed by atoms with E-state index in [-0.39, 0.29) is 20.7 Å². The molecule has 0 aromatic heterocycles. The molecule has 49 heavy (non-hydrogen) atoms. The lowest BCUT2D eigenvalue weighted by molar-refractivity contribution is 0.0335. The fourth-order valence-electron chi connectivity index (χ4n) is 5.23. The van der Waals surface area contributed by atoms with Crippen molar-refractivity contribution in [2.75, 3.05) is 30.5 Å². The number of ether oxygens (including phenoxy) is 3. The van der Waals surface area contributed by atoms with Gasteiger partial charge in [-0.25, -0.2) is 8.42 Å². The second-order valence-corrected chi connectivity index (χ2v) is 20.2. The minimum atomic E-state index is -3.85. The molecule has 13 heteroatoms. The van der Waals surface area contributed by atoms with Crippen LogP contribution in [-0.2, 0) is 14.6 Å². The quantitative estimate of drug-likeness (QED) is 0.0628. The molecule has 0 saturated heterocycles. The van der Waals surface area contributed by atoms with Crippen LogP contribution in [0, 0.1) is 0 Å². The first kappa shape index (κ1) is 46.5. The molecule has 0 spiro atoms. The molecule has 2 unspecified atom stereocenters. The summed E-state index contributed by atoms with van der Waals surface area (Å²) < 4.78 is 47.4. The molecular weight excluding hydrogens is 1100 g/mol. The molecule has 5 nitrogen and oxygen atoms in total. The van der Waals surface area contributed by atoms with Gasteiger partial charge in [-0.3, -0.25) is 0 Å². The lowest BCUT2D eigenvalue weighted by Gasteiger charge is -2.18. The molecule has 0 N–H and O–H groups in total. The summed E-state index contributed by atoms with van der Waals surface area (Å²) in [6.45, 7) is 3.72. The minimum Gasteiger partial charge on any atom is -0.490 e. The van der Waals surface area contributed by atoms with Gasteiger partial charge in [-0.15, -0.1) is 0 Å². The van der Waals surface area contributed by atoms with Crippen molar-refractivity contribution in [1.29, 1.82) is 0 Å². The molecule has 0 amide bonds. The van der Waals surface area contributed by atoms with Crippen LogP contribution in [0.2, 0.25) is 0 Å². The van der Waals surface area contributed by atoms with Gasteiger partial charge < -0.3 is 14.2 Å². The Labute approximate surface area is 354 Å². The Bertz CT molecular complexity index is 1280. The Balaban J connectivity index is 1.73. The van der Waals surface area contributed by atoms with Gasteiger partial charge in [0.2, 0.25) is 9.84 Å². The van der Waals surface area contributed by atoms with Crippen LogP contribution in [0.4, 0.5) is 0 Å². The predicted molar refractivity (Wildman–Crippen MR) is 230 cm³/mol. The van der Waals surface area contributed by atoms with Gasteiger partial charge in [0.15, 0.2) is 0 Å². The zero-order valence-corrected chi connectivity index (χ0v) is 40.3. The molecule has 2 atom stereocenters. The summed E-state index contributed by atoms with van der Waals surface area (Å²) in [5.41, 5.74) is 0. The Morgan fingerprint density at radius 3 is 1.31 bits per heavy atom. The van der Waals surface area contributed by atoms with Gasteiger partial charge in [-0.2, -0.15) is 0 Å². The van der Waals surface area contributed by atoms with Crippen molar-refractivity contribution < 1.29 is 22.6 Å². The van der Waals surface area contributed by atoms with Gasteiger partial charge in [0, 0.05) is 17.3 Å². The molecule has 0 radical (unpaired) electrons. The normalized spacial score (nSPS) is 13.1. The van der Waals surface area contributed by atoms with Crippen molar-refractivity contribution in [2.45, 2.75) is 130 Å². The van der Waals surface area contributed by atoms with Gasteiger partial charge >= 0.3 is 0 Å². The zero-order valence-electron chi connectivity index (χ0n) is 28.4. The third-order valence-corrected chi connectivity index (χ3v) is 15.1. The second kappa shape index (κ2) is 27.0. The maximum absolute atomic E-state index is 13.6. The highest BCUT2D eigenvalue weighted by molar-refractivity contribution is 9.12. The minimum absolute atomic E-state index is 0.116. The van der Waals surface area contributed by atoms with Crippen molar-refractivity contribution in [3.8, 4) is 11.5 Å². The lowest BCUT2D eigenvalue weighted by Crippen LogP contribution is -2.24. The van der Waals surface area contributed by atoms with E-state index < -0.39 is 9.84 Å². The maximum atomic E-state index is 13.6. The van der Waals surface area contributed by atoms with Crippen LogP contribution in [0.15, 0.2) is 51.9 Å². The number of sulfone groups is 1. The van der Waals surface area contributed by atoms with E-state index in [1.807, 2.05) is 0 Å². The Morgan fingerprint density at radius 1 is 0.571 bits per heavy atom. The van der Waals surface area contributed by atoms with Crippen LogP contribution in [0.5, 0.6) is 11.5 Å². The largest absolute Gasteiger partial charge is 0.490 e. The van der Waals surface area contributed by atoms with Crippen LogP contribution >= 0.6 is 112 Å². The van der Waals surface area contributed by atoms with Crippen molar-refractivity contribution in [3.05, 3.63) is 42.2 Å². The van der Waals surface area contributed by atoms with Gasteiger partial charge in [0.05, 0.1) is 32.5 Å². The van der Waals surface area contributed by atoms with Gasteiger partial charge in [0.25, 0.3) is 0 Å². The predicted octanol–water partition coefficient (Wildman–Crippen LogP) is 14.5. The van der Waals surface area contributed by atoms with E-state index in [9.17, 15) is 8.42 Å². The van der Waals surface area contributed by atoms with Crippen LogP contribution in [-0.4, -0.2) is 49.8 Å². The maximum Gasteiger partial charge on any atom is 0.206 e. The van der Waals surface area contributed by atoms with Crippen molar-refractivity contribution in [2.24, 2.45) is 0 Å². The summed E-state index contributed by atoms with van der Waals surface area (Å²) in [6, 6.07) is 6.23. The molecule has 280 valence electrons. The zero-order chi connectivity index (χ0) is 36.1. The summed E-state index contributed by atoms with van der Waals surface area (Å²) in [6.07, 6.45) is 21.4. The van der Waals surface area contributed by atoms with Crippen molar-refractivity contribution in [3.63, 3.8) is 0 Å². The first-order chi connectivity index (χ1) is 23.5. The highest BCUT2D eigenvalue weighted by Gasteiger charge is 2.24. The van der Waals surface area contributed by atoms with E-state index in [0.717, 1.165) is 11.8 Å². The van der Waals surface area contributed by atoms with E-state index in [2.05, 4.69) is 118 Å². The summed E-state index contributed by atoms with van der Waals surface area (Å²) in [5.74, 6) is 1.06. The number of unbranched alkanes of at least 4 members (excludes halogenated alkanes) is 15. The Hall–Kier alpha value is 1.31. The summed E-state index contributed by atoms with van der Waals surface area (Å²) >= 11 is 24.5. The van der Waals surface area contributed by atoms with E-state index in [1.165, 1.54) is 96.3 Å². The third-order valence-electron chi connectivity index (χ3n) is 8.08. The average Bonchev–Trinajstić information content (AvgIpc) is 3.07. The second-order valence-electron chi connectivity index (χ2n) is 12.3. The first-order valence-electron chi connectivity index (χ1n) is 17.4. The number of benzene rings is 2. The smallest absolute Gasteiger partial charge is 0.206 e. The highest BCUT2D eigenvalue weighted by atomic mass is 79.9. The molecular formula is C36H51Br7O5S. The molecule has 0 saturated carbocycles. The lowest BCUT2D eigenvalue weighted by atomic mass is 10.0. The molecule has 0 aliphatic carbocycles. The molecule has 0 bridgehead atoms. The highest BCUT2D eigenvalue weighted by Crippen LogP contribution is 2.41. The standard InChI is InChI=1S/C36H51Br7O5S/c1-2-3-4-5-6-7-8-9-10-11-12-13-14-15-16-17-18-46-28(24-38)26-48-36-33(42)21-30(22-34(36)43)49(44,45)29-19-31(40)35(32(41)20-29)47-25-27(39)23-37/h19-22,27-28H,2-18,23-26H2,1H3. The van der Waals surface area contributed by atoms with E-state index in [0.29, 0.717) is 54.5 Å². The van der Waals surface area contributed by atoms with Crippen LogP contribution < -0.4 is 9.47 Å². The molecule has 2 aromatic carbocycles. The molecule has 0 aliphatic heterocycles. The monoisotopic (exact) mass is 1150 g/mol. The number of hydrogen-bond acceptors (Lipinski definition) is 5. The Morgan fingerprint density at radius 2 is 0.939 bits per heavy atom. The summed E-state index contributed by atoms with van der Waals surface area (Å²) in [4.78, 5) is 0.372. The third kappa shape index (κ3) is 18.0. The molecule has 2 rings (SSSR count). The van der Waals surface area contributed by atoms with Gasteiger partial charge in [-0.05, 0) is 94.4 Å². The molecule has 0 aliphatic rings. The summed E-state index contributed by atoms with van der Waals surface area (Å²) in [5, 5.41) is 1.37. The fourth-order valence-corrected chi connectivity index (χ4v) is 10.7. The molecule has 2 aromatic rings. The van der Waals surface area contributed by atoms with E-state index >= 15 is 0 Å². The van der Waals surface area contributed by atoms with E-state index in [1.54, 1.807) is 24.3 Å².